The summed E-state index contributed by atoms with van der Waals surface area (Å²) in [5, 5.41) is 8.65. The van der Waals surface area contributed by atoms with Gasteiger partial charge in [-0.3, -0.25) is 10.9 Å². The zero-order valence-electron chi connectivity index (χ0n) is 20.1. The molecule has 186 valence electrons. The molecule has 0 bridgehead atoms. The Labute approximate surface area is 211 Å². The number of allylic oxidation sites excluding steroid dienone is 1. The van der Waals surface area contributed by atoms with Crippen molar-refractivity contribution in [1.29, 1.82) is 5.41 Å². The van der Waals surface area contributed by atoms with Crippen LogP contribution in [0.2, 0.25) is 5.02 Å². The lowest BCUT2D eigenvalue weighted by Gasteiger charge is -2.40. The van der Waals surface area contributed by atoms with Gasteiger partial charge in [-0.15, -0.1) is 0 Å². The van der Waals surface area contributed by atoms with Gasteiger partial charge in [0.2, 0.25) is 0 Å². The molecular formula is C27H33ClFN5O. The predicted molar refractivity (Wildman–Crippen MR) is 140 cm³/mol. The molecular weight excluding hydrogens is 465 g/mol. The number of hydrogen-bond acceptors (Lipinski definition) is 4. The second-order valence-corrected chi connectivity index (χ2v) is 9.76. The third kappa shape index (κ3) is 6.41. The molecule has 0 radical (unpaired) electrons. The molecule has 35 heavy (non-hydrogen) atoms. The Hall–Kier alpha value is -2.90. The van der Waals surface area contributed by atoms with E-state index in [1.165, 1.54) is 50.7 Å². The summed E-state index contributed by atoms with van der Waals surface area (Å²) < 4.78 is 13.6. The largest absolute Gasteiger partial charge is 0.336 e. The quantitative estimate of drug-likeness (QED) is 0.281. The maximum absolute atomic E-state index is 13.6. The molecule has 4 rings (SSSR count). The first-order valence-corrected chi connectivity index (χ1v) is 12.7. The number of amides is 2. The summed E-state index contributed by atoms with van der Waals surface area (Å²) in [7, 11) is 0. The molecule has 0 spiro atoms. The van der Waals surface area contributed by atoms with E-state index in [1.807, 2.05) is 24.0 Å². The molecule has 2 aromatic carbocycles. The van der Waals surface area contributed by atoms with Crippen molar-refractivity contribution in [2.75, 3.05) is 26.2 Å². The van der Waals surface area contributed by atoms with E-state index in [9.17, 15) is 9.18 Å². The number of nitrogens with zero attached hydrogens (tertiary/aromatic N) is 2. The fourth-order valence-electron chi connectivity index (χ4n) is 5.02. The Morgan fingerprint density at radius 1 is 1.00 bits per heavy atom. The van der Waals surface area contributed by atoms with Gasteiger partial charge in [-0.05, 0) is 93.2 Å². The molecule has 2 saturated heterocycles. The molecule has 8 heteroatoms. The van der Waals surface area contributed by atoms with Gasteiger partial charge >= 0.3 is 6.03 Å². The highest BCUT2D eigenvalue weighted by Crippen LogP contribution is 2.27. The van der Waals surface area contributed by atoms with E-state index >= 15 is 0 Å². The van der Waals surface area contributed by atoms with Crippen molar-refractivity contribution in [3.63, 3.8) is 0 Å². The fourth-order valence-corrected chi connectivity index (χ4v) is 5.31. The molecule has 6 nitrogen and oxygen atoms in total. The van der Waals surface area contributed by atoms with Crippen LogP contribution in [0.25, 0.3) is 11.3 Å². The Bertz CT molecular complexity index is 1050. The molecule has 2 aliphatic rings. The highest BCUT2D eigenvalue weighted by atomic mass is 35.5. The maximum Gasteiger partial charge on any atom is 0.336 e. The number of carbonyl (C=O) groups excluding carboxylic acids is 1. The van der Waals surface area contributed by atoms with Gasteiger partial charge in [0.25, 0.3) is 0 Å². The van der Waals surface area contributed by atoms with Crippen LogP contribution >= 0.6 is 11.6 Å². The minimum atomic E-state index is -0.358. The molecule has 2 aliphatic heterocycles. The van der Waals surface area contributed by atoms with E-state index in [-0.39, 0.29) is 11.8 Å². The molecule has 0 aliphatic carbocycles. The highest BCUT2D eigenvalue weighted by molar-refractivity contribution is 6.31. The van der Waals surface area contributed by atoms with Crippen molar-refractivity contribution in [1.82, 2.24) is 20.7 Å². The van der Waals surface area contributed by atoms with Gasteiger partial charge in [0.1, 0.15) is 5.82 Å². The van der Waals surface area contributed by atoms with Crippen molar-refractivity contribution in [3.8, 4) is 0 Å². The molecule has 0 unspecified atom stereocenters. The van der Waals surface area contributed by atoms with Crippen LogP contribution in [0.1, 0.15) is 48.8 Å². The van der Waals surface area contributed by atoms with E-state index in [4.69, 9.17) is 17.0 Å². The number of aryl methyl sites for hydroxylation is 1. The number of urea groups is 1. The number of halogens is 2. The van der Waals surface area contributed by atoms with Crippen LogP contribution in [-0.4, -0.2) is 54.3 Å². The topological polar surface area (TPSA) is 71.5 Å². The second kappa shape index (κ2) is 11.7. The van der Waals surface area contributed by atoms with E-state index < -0.39 is 0 Å². The van der Waals surface area contributed by atoms with Crippen LogP contribution in [0.3, 0.4) is 0 Å². The minimum absolute atomic E-state index is 0.215. The Kier molecular flexibility index (Phi) is 8.42. The number of hydrogen-bond donors (Lipinski definition) is 3. The number of benzene rings is 2. The summed E-state index contributed by atoms with van der Waals surface area (Å²) >= 11 is 6.27. The van der Waals surface area contributed by atoms with Gasteiger partial charge in [-0.2, -0.15) is 0 Å². The van der Waals surface area contributed by atoms with E-state index in [1.54, 1.807) is 18.2 Å². The second-order valence-electron chi connectivity index (χ2n) is 9.33. The molecule has 0 aromatic heterocycles. The lowest BCUT2D eigenvalue weighted by molar-refractivity contribution is 0.101. The minimum Gasteiger partial charge on any atom is -0.323 e. The normalized spacial score (nSPS) is 18.1. The van der Waals surface area contributed by atoms with Crippen molar-refractivity contribution >= 4 is 35.1 Å². The Morgan fingerprint density at radius 2 is 1.69 bits per heavy atom. The zero-order valence-corrected chi connectivity index (χ0v) is 20.9. The number of nitrogens with one attached hydrogen (secondary N) is 3. The summed E-state index contributed by atoms with van der Waals surface area (Å²) in [6.07, 6.45) is 7.02. The summed E-state index contributed by atoms with van der Waals surface area (Å²) in [4.78, 5) is 17.4. The number of carbonyl (C=O) groups is 1. The van der Waals surface area contributed by atoms with Crippen LogP contribution in [0.15, 0.2) is 42.5 Å². The van der Waals surface area contributed by atoms with Gasteiger partial charge < -0.3 is 15.2 Å². The van der Waals surface area contributed by atoms with Crippen molar-refractivity contribution in [3.05, 3.63) is 70.0 Å². The predicted octanol–water partition coefficient (Wildman–Crippen LogP) is 5.47. The molecule has 0 atom stereocenters. The van der Waals surface area contributed by atoms with E-state index in [2.05, 4.69) is 15.8 Å². The highest BCUT2D eigenvalue weighted by Gasteiger charge is 2.27. The number of piperidine rings is 2. The number of hydrazine groups is 1. The summed E-state index contributed by atoms with van der Waals surface area (Å²) in [5.74, 6) is -0.358. The van der Waals surface area contributed by atoms with Crippen molar-refractivity contribution < 1.29 is 9.18 Å². The SMILES string of the molecule is Cc1cc(Cl)cc(/C(C=N)=C(/NNC(=O)N2CCC(N3CCCCC3)CC2)c2ccc(F)cc2)c1. The fraction of sp³-hybridized carbons (Fsp3) is 0.407. The molecule has 0 saturated carbocycles. The Morgan fingerprint density at radius 3 is 2.31 bits per heavy atom. The zero-order chi connectivity index (χ0) is 24.8. The van der Waals surface area contributed by atoms with Crippen molar-refractivity contribution in [2.45, 2.75) is 45.1 Å². The first-order valence-electron chi connectivity index (χ1n) is 12.3. The van der Waals surface area contributed by atoms with Gasteiger partial charge in [0.05, 0.1) is 5.70 Å². The van der Waals surface area contributed by atoms with Gasteiger partial charge in [0.15, 0.2) is 0 Å². The molecule has 2 fully saturated rings. The number of likely N-dealkylation sites (tertiary alicyclic amines) is 2. The van der Waals surface area contributed by atoms with E-state index in [0.717, 1.165) is 24.0 Å². The first kappa shape index (κ1) is 25.2. The van der Waals surface area contributed by atoms with E-state index in [0.29, 0.717) is 41.0 Å². The standard InChI is InChI=1S/C27H33ClFN5O/c1-19-15-21(17-22(28)16-19)25(18-30)26(20-5-7-23(29)8-6-20)31-32-27(35)34-13-9-24(10-14-34)33-11-3-2-4-12-33/h5-8,15-18,24,30-31H,2-4,9-14H2,1H3,(H,32,35)/b26-25+,30-18?. The lowest BCUT2D eigenvalue weighted by Crippen LogP contribution is -2.52. The maximum atomic E-state index is 13.6. The monoisotopic (exact) mass is 497 g/mol. The average Bonchev–Trinajstić information content (AvgIpc) is 2.87. The summed E-state index contributed by atoms with van der Waals surface area (Å²) in [6, 6.07) is 11.8. The third-order valence-electron chi connectivity index (χ3n) is 6.85. The van der Waals surface area contributed by atoms with Crippen LogP contribution in [0, 0.1) is 18.2 Å². The first-order chi connectivity index (χ1) is 16.9. The van der Waals surface area contributed by atoms with Gasteiger partial charge in [-0.25, -0.2) is 9.18 Å². The van der Waals surface area contributed by atoms with Crippen molar-refractivity contribution in [2.24, 2.45) is 0 Å². The van der Waals surface area contributed by atoms with Crippen LogP contribution in [0.4, 0.5) is 9.18 Å². The Balaban J connectivity index is 1.50. The molecule has 3 N–H and O–H groups in total. The average molecular weight is 498 g/mol. The van der Waals surface area contributed by atoms with Gasteiger partial charge in [0, 0.05) is 41.5 Å². The van der Waals surface area contributed by atoms with Crippen LogP contribution in [-0.2, 0) is 0 Å². The molecule has 2 amide bonds. The van der Waals surface area contributed by atoms with Gasteiger partial charge in [-0.1, -0.05) is 24.1 Å². The third-order valence-corrected chi connectivity index (χ3v) is 7.07. The smallest absolute Gasteiger partial charge is 0.323 e. The number of rotatable bonds is 6. The summed E-state index contributed by atoms with van der Waals surface area (Å²) in [6.45, 7) is 5.67. The van der Waals surface area contributed by atoms with Crippen LogP contribution < -0.4 is 10.9 Å². The van der Waals surface area contributed by atoms with Crippen LogP contribution in [0.5, 0.6) is 0 Å². The lowest BCUT2D eigenvalue weighted by atomic mass is 9.99. The molecule has 2 heterocycles. The summed E-state index contributed by atoms with van der Waals surface area (Å²) in [5.41, 5.74) is 9.19. The molecule has 2 aromatic rings.